The van der Waals surface area contributed by atoms with Crippen molar-refractivity contribution in [2.24, 2.45) is 5.41 Å². The highest BCUT2D eigenvalue weighted by atomic mass is 32.2. The Morgan fingerprint density at radius 1 is 1.19 bits per heavy atom. The van der Waals surface area contributed by atoms with Crippen LogP contribution in [-0.2, 0) is 14.3 Å². The second-order valence-electron chi connectivity index (χ2n) is 4.83. The maximum Gasteiger partial charge on any atom is 0.328 e. The smallest absolute Gasteiger partial charge is 0.328 e. The second kappa shape index (κ2) is 8.33. The fraction of sp³-hybridized carbons (Fsp3) is 0.692. The number of unbranched alkanes of at least 4 members (excludes halogenated alkanes) is 2. The van der Waals surface area contributed by atoms with Crippen molar-refractivity contribution < 1.29 is 19.1 Å². The zero-order valence-corrected chi connectivity index (χ0v) is 13.8. The average Bonchev–Trinajstić information content (AvgIpc) is 2.43. The molecule has 21 heavy (non-hydrogen) atoms. The van der Waals surface area contributed by atoms with Crippen molar-refractivity contribution >= 4 is 46.2 Å². The maximum atomic E-state index is 12.2. The SMILES string of the molecule is CCCCCC1(CCSC(=S)OC)C(=O)NC(=O)NC1=O. The van der Waals surface area contributed by atoms with Crippen molar-refractivity contribution in [1.82, 2.24) is 10.6 Å². The first-order chi connectivity index (χ1) is 9.96. The quantitative estimate of drug-likeness (QED) is 0.421. The number of barbiturate groups is 1. The van der Waals surface area contributed by atoms with Crippen molar-refractivity contribution in [2.75, 3.05) is 12.9 Å². The zero-order valence-electron chi connectivity index (χ0n) is 12.2. The Labute approximate surface area is 133 Å². The number of thioether (sulfide) groups is 1. The molecule has 8 heteroatoms. The topological polar surface area (TPSA) is 84.5 Å². The molecule has 0 saturated carbocycles. The van der Waals surface area contributed by atoms with Gasteiger partial charge in [-0.25, -0.2) is 4.79 Å². The monoisotopic (exact) mass is 332 g/mol. The fourth-order valence-corrected chi connectivity index (χ4v) is 3.19. The van der Waals surface area contributed by atoms with Crippen molar-refractivity contribution in [3.63, 3.8) is 0 Å². The van der Waals surface area contributed by atoms with Gasteiger partial charge < -0.3 is 4.74 Å². The van der Waals surface area contributed by atoms with Gasteiger partial charge in [0, 0.05) is 5.75 Å². The summed E-state index contributed by atoms with van der Waals surface area (Å²) in [7, 11) is 1.48. The second-order valence-corrected chi connectivity index (χ2v) is 6.53. The minimum atomic E-state index is -1.20. The molecule has 0 bridgehead atoms. The molecule has 1 heterocycles. The molecule has 1 fully saturated rings. The minimum Gasteiger partial charge on any atom is -0.482 e. The lowest BCUT2D eigenvalue weighted by Crippen LogP contribution is -2.62. The van der Waals surface area contributed by atoms with Gasteiger partial charge in [0.1, 0.15) is 5.41 Å². The van der Waals surface area contributed by atoms with E-state index in [1.54, 1.807) is 0 Å². The van der Waals surface area contributed by atoms with Crippen LogP contribution in [0.4, 0.5) is 4.79 Å². The van der Waals surface area contributed by atoms with E-state index in [2.05, 4.69) is 10.6 Å². The number of carbonyl (C=O) groups is 3. The maximum absolute atomic E-state index is 12.2. The number of urea groups is 1. The van der Waals surface area contributed by atoms with Crippen molar-refractivity contribution in [1.29, 1.82) is 0 Å². The minimum absolute atomic E-state index is 0.315. The number of methoxy groups -OCH3 is 1. The van der Waals surface area contributed by atoms with E-state index in [9.17, 15) is 14.4 Å². The normalized spacial score (nSPS) is 17.1. The predicted octanol–water partition coefficient (Wildman–Crippen LogP) is 1.97. The molecule has 0 aromatic heterocycles. The van der Waals surface area contributed by atoms with Gasteiger partial charge in [0.05, 0.1) is 7.11 Å². The van der Waals surface area contributed by atoms with Gasteiger partial charge in [-0.2, -0.15) is 0 Å². The van der Waals surface area contributed by atoms with E-state index in [0.717, 1.165) is 19.3 Å². The summed E-state index contributed by atoms with van der Waals surface area (Å²) in [5, 5.41) is 4.39. The zero-order chi connectivity index (χ0) is 15.9. The molecule has 1 aliphatic heterocycles. The summed E-state index contributed by atoms with van der Waals surface area (Å²) < 4.78 is 5.25. The summed E-state index contributed by atoms with van der Waals surface area (Å²) in [5.41, 5.74) is -1.20. The van der Waals surface area contributed by atoms with Crippen LogP contribution in [-0.4, -0.2) is 35.1 Å². The summed E-state index contributed by atoms with van der Waals surface area (Å²) in [5.74, 6) is -0.555. The van der Waals surface area contributed by atoms with Crippen LogP contribution in [0.2, 0.25) is 0 Å². The molecule has 6 nitrogen and oxygen atoms in total. The van der Waals surface area contributed by atoms with Crippen LogP contribution in [0, 0.1) is 5.41 Å². The highest BCUT2D eigenvalue weighted by Gasteiger charge is 2.49. The first-order valence-corrected chi connectivity index (χ1v) is 8.23. The van der Waals surface area contributed by atoms with Crippen LogP contribution < -0.4 is 10.6 Å². The van der Waals surface area contributed by atoms with Crippen LogP contribution in [0.15, 0.2) is 0 Å². The van der Waals surface area contributed by atoms with E-state index in [4.69, 9.17) is 17.0 Å². The van der Waals surface area contributed by atoms with Gasteiger partial charge in [0.15, 0.2) is 0 Å². The summed E-state index contributed by atoms with van der Waals surface area (Å²) >= 11 is 6.20. The summed E-state index contributed by atoms with van der Waals surface area (Å²) in [6.07, 6.45) is 3.41. The summed E-state index contributed by atoms with van der Waals surface area (Å²) in [6.45, 7) is 2.05. The van der Waals surface area contributed by atoms with Crippen LogP contribution in [0.25, 0.3) is 0 Å². The lowest BCUT2D eigenvalue weighted by Gasteiger charge is -2.33. The molecule has 0 spiro atoms. The first-order valence-electron chi connectivity index (χ1n) is 6.84. The van der Waals surface area contributed by atoms with E-state index in [1.807, 2.05) is 6.92 Å². The molecule has 1 aliphatic rings. The van der Waals surface area contributed by atoms with E-state index < -0.39 is 23.3 Å². The van der Waals surface area contributed by atoms with Gasteiger partial charge in [-0.1, -0.05) is 37.9 Å². The van der Waals surface area contributed by atoms with Crippen molar-refractivity contribution in [2.45, 2.75) is 39.0 Å². The van der Waals surface area contributed by atoms with E-state index in [1.165, 1.54) is 18.9 Å². The van der Waals surface area contributed by atoms with Crippen molar-refractivity contribution in [3.05, 3.63) is 0 Å². The molecule has 0 radical (unpaired) electrons. The lowest BCUT2D eigenvalue weighted by molar-refractivity contribution is -0.145. The number of nitrogens with one attached hydrogen (secondary N) is 2. The molecule has 0 aromatic rings. The van der Waals surface area contributed by atoms with Gasteiger partial charge in [-0.3, -0.25) is 20.2 Å². The molecule has 0 unspecified atom stereocenters. The number of amides is 4. The molecule has 0 atom stereocenters. The Morgan fingerprint density at radius 2 is 1.81 bits per heavy atom. The standard InChI is InChI=1S/C13H20N2O4S2/c1-3-4-5-6-13(7-8-21-12(20)19-2)9(16)14-11(18)15-10(13)17/h3-8H2,1-2H3,(H2,14,15,16,17,18). The predicted molar refractivity (Wildman–Crippen MR) is 84.9 cm³/mol. The molecule has 0 aliphatic carbocycles. The molecule has 1 saturated heterocycles. The summed E-state index contributed by atoms with van der Waals surface area (Å²) in [6, 6.07) is -0.754. The number of thiocarbonyl (C=S) groups is 1. The number of imide groups is 2. The van der Waals surface area contributed by atoms with E-state index in [0.29, 0.717) is 23.0 Å². The lowest BCUT2D eigenvalue weighted by atomic mass is 9.77. The molecule has 4 amide bonds. The molecule has 1 rings (SSSR count). The fourth-order valence-electron chi connectivity index (χ4n) is 2.20. The van der Waals surface area contributed by atoms with Gasteiger partial charge >= 0.3 is 6.03 Å². The first kappa shape index (κ1) is 17.9. The highest BCUT2D eigenvalue weighted by molar-refractivity contribution is 8.22. The number of carbonyl (C=O) groups excluding carboxylic acids is 3. The average molecular weight is 332 g/mol. The third kappa shape index (κ3) is 4.67. The Bertz CT molecular complexity index is 420. The number of hydrogen-bond acceptors (Lipinski definition) is 6. The molecular weight excluding hydrogens is 312 g/mol. The van der Waals surface area contributed by atoms with Gasteiger partial charge in [-0.05, 0) is 25.1 Å². The van der Waals surface area contributed by atoms with Crippen LogP contribution >= 0.6 is 24.0 Å². The van der Waals surface area contributed by atoms with Gasteiger partial charge in [-0.15, -0.1) is 0 Å². The van der Waals surface area contributed by atoms with E-state index in [-0.39, 0.29) is 0 Å². The molecule has 2 N–H and O–H groups in total. The number of rotatable bonds is 7. The Morgan fingerprint density at radius 3 is 2.33 bits per heavy atom. The van der Waals surface area contributed by atoms with Crippen LogP contribution in [0.5, 0.6) is 0 Å². The Balaban J connectivity index is 2.78. The largest absolute Gasteiger partial charge is 0.482 e. The highest BCUT2D eigenvalue weighted by Crippen LogP contribution is 2.33. The Hall–Kier alpha value is -1.15. The van der Waals surface area contributed by atoms with Crippen LogP contribution in [0.1, 0.15) is 39.0 Å². The molecular formula is C13H20N2O4S2. The summed E-state index contributed by atoms with van der Waals surface area (Å²) in [4.78, 5) is 35.6. The third-order valence-electron chi connectivity index (χ3n) is 3.45. The molecule has 0 aromatic carbocycles. The Kier molecular flexibility index (Phi) is 7.10. The van der Waals surface area contributed by atoms with Crippen LogP contribution in [0.3, 0.4) is 0 Å². The number of ether oxygens (including phenoxy) is 1. The molecule has 118 valence electrons. The van der Waals surface area contributed by atoms with E-state index >= 15 is 0 Å². The number of hydrogen-bond donors (Lipinski definition) is 2. The van der Waals surface area contributed by atoms with Gasteiger partial charge in [0.25, 0.3) is 0 Å². The van der Waals surface area contributed by atoms with Gasteiger partial charge in [0.2, 0.25) is 16.2 Å². The third-order valence-corrected chi connectivity index (χ3v) is 4.78. The van der Waals surface area contributed by atoms with Crippen molar-refractivity contribution in [3.8, 4) is 0 Å².